The molecular formula is C15H16O4. The molecule has 0 aliphatic rings. The Morgan fingerprint density at radius 3 is 2.58 bits per heavy atom. The molecule has 0 aliphatic heterocycles. The van der Waals surface area contributed by atoms with Gasteiger partial charge in [-0.05, 0) is 24.6 Å². The third kappa shape index (κ3) is 4.79. The monoisotopic (exact) mass is 260 g/mol. The molecule has 0 aliphatic carbocycles. The van der Waals surface area contributed by atoms with Gasteiger partial charge < -0.3 is 9.47 Å². The lowest BCUT2D eigenvalue weighted by Gasteiger charge is -2.06. The normalized spacial score (nSPS) is 9.53. The van der Waals surface area contributed by atoms with Gasteiger partial charge in [0.2, 0.25) is 0 Å². The van der Waals surface area contributed by atoms with Gasteiger partial charge in [-0.3, -0.25) is 0 Å². The van der Waals surface area contributed by atoms with E-state index in [0.717, 1.165) is 5.56 Å². The van der Waals surface area contributed by atoms with Gasteiger partial charge >= 0.3 is 11.9 Å². The van der Waals surface area contributed by atoms with Crippen LogP contribution in [0.5, 0.6) is 0 Å². The highest BCUT2D eigenvalue weighted by atomic mass is 16.6. The van der Waals surface area contributed by atoms with E-state index >= 15 is 0 Å². The first-order valence-corrected chi connectivity index (χ1v) is 5.77. The lowest BCUT2D eigenvalue weighted by atomic mass is 10.1. The molecule has 0 bridgehead atoms. The highest BCUT2D eigenvalue weighted by molar-refractivity contribution is 5.90. The number of hydrogen-bond acceptors (Lipinski definition) is 4. The summed E-state index contributed by atoms with van der Waals surface area (Å²) in [6, 6.07) is 6.90. The molecule has 100 valence electrons. The van der Waals surface area contributed by atoms with Crippen LogP contribution >= 0.6 is 0 Å². The zero-order valence-corrected chi connectivity index (χ0v) is 10.8. The fourth-order valence-electron chi connectivity index (χ4n) is 1.27. The summed E-state index contributed by atoms with van der Waals surface area (Å²) < 4.78 is 9.78. The summed E-state index contributed by atoms with van der Waals surface area (Å²) in [4.78, 5) is 22.7. The Morgan fingerprint density at radius 2 is 1.95 bits per heavy atom. The molecule has 0 aromatic heterocycles. The molecule has 0 heterocycles. The minimum absolute atomic E-state index is 0.0101. The predicted octanol–water partition coefficient (Wildman–Crippen LogP) is 2.61. The third-order valence-electron chi connectivity index (χ3n) is 2.26. The van der Waals surface area contributed by atoms with Crippen molar-refractivity contribution in [2.45, 2.75) is 6.92 Å². The molecule has 0 spiro atoms. The molecule has 0 unspecified atom stereocenters. The standard InChI is InChI=1S/C15H16O4/c1-4-12-6-5-7-13(10-12)15(17)19-9-8-18-14(16)11(2)3/h4-7,10H,1-2,8-9H2,3H3. The van der Waals surface area contributed by atoms with Crippen molar-refractivity contribution in [3.8, 4) is 0 Å². The molecule has 0 saturated carbocycles. The summed E-state index contributed by atoms with van der Waals surface area (Å²) >= 11 is 0. The summed E-state index contributed by atoms with van der Waals surface area (Å²) in [7, 11) is 0. The summed E-state index contributed by atoms with van der Waals surface area (Å²) in [5.41, 5.74) is 1.58. The Labute approximate surface area is 112 Å². The maximum atomic E-state index is 11.7. The van der Waals surface area contributed by atoms with E-state index in [2.05, 4.69) is 13.2 Å². The second-order valence-corrected chi connectivity index (χ2v) is 3.88. The summed E-state index contributed by atoms with van der Waals surface area (Å²) in [5, 5.41) is 0. The summed E-state index contributed by atoms with van der Waals surface area (Å²) in [5.74, 6) is -0.959. The van der Waals surface area contributed by atoms with Gasteiger partial charge in [-0.15, -0.1) is 0 Å². The van der Waals surface area contributed by atoms with Gasteiger partial charge in [0.05, 0.1) is 5.56 Å². The van der Waals surface area contributed by atoms with E-state index in [-0.39, 0.29) is 13.2 Å². The smallest absolute Gasteiger partial charge is 0.338 e. The zero-order chi connectivity index (χ0) is 14.3. The van der Waals surface area contributed by atoms with Crippen LogP contribution in [0.25, 0.3) is 6.08 Å². The first-order valence-electron chi connectivity index (χ1n) is 5.77. The Morgan fingerprint density at radius 1 is 1.26 bits per heavy atom. The molecule has 4 heteroatoms. The van der Waals surface area contributed by atoms with E-state index in [1.165, 1.54) is 0 Å². The van der Waals surface area contributed by atoms with Crippen LogP contribution in [0.4, 0.5) is 0 Å². The first kappa shape index (κ1) is 14.7. The number of carbonyl (C=O) groups excluding carboxylic acids is 2. The number of hydrogen-bond donors (Lipinski definition) is 0. The molecule has 0 atom stereocenters. The van der Waals surface area contributed by atoms with Crippen molar-refractivity contribution >= 4 is 18.0 Å². The van der Waals surface area contributed by atoms with Crippen molar-refractivity contribution in [1.82, 2.24) is 0 Å². The molecule has 1 aromatic rings. The van der Waals surface area contributed by atoms with Crippen molar-refractivity contribution in [3.63, 3.8) is 0 Å². The SMILES string of the molecule is C=Cc1cccc(C(=O)OCCOC(=O)C(=C)C)c1. The average molecular weight is 260 g/mol. The van der Waals surface area contributed by atoms with Crippen LogP contribution in [-0.4, -0.2) is 25.2 Å². The van der Waals surface area contributed by atoms with Crippen LogP contribution in [0.15, 0.2) is 43.0 Å². The quantitative estimate of drug-likeness (QED) is 0.448. The van der Waals surface area contributed by atoms with Gasteiger partial charge in [-0.2, -0.15) is 0 Å². The van der Waals surface area contributed by atoms with E-state index in [1.54, 1.807) is 31.2 Å². The number of benzene rings is 1. The number of esters is 2. The van der Waals surface area contributed by atoms with Crippen LogP contribution < -0.4 is 0 Å². The minimum Gasteiger partial charge on any atom is -0.459 e. The fraction of sp³-hybridized carbons (Fsp3) is 0.200. The van der Waals surface area contributed by atoms with Gasteiger partial charge in [0, 0.05) is 5.57 Å². The van der Waals surface area contributed by atoms with Gasteiger partial charge in [0.25, 0.3) is 0 Å². The average Bonchev–Trinajstić information content (AvgIpc) is 2.42. The fourth-order valence-corrected chi connectivity index (χ4v) is 1.27. The van der Waals surface area contributed by atoms with Crippen molar-refractivity contribution in [2.75, 3.05) is 13.2 Å². The molecule has 1 aromatic carbocycles. The molecule has 0 amide bonds. The van der Waals surface area contributed by atoms with Crippen LogP contribution in [0.3, 0.4) is 0 Å². The molecule has 1 rings (SSSR count). The minimum atomic E-state index is -0.496. The highest BCUT2D eigenvalue weighted by Gasteiger charge is 2.08. The van der Waals surface area contributed by atoms with Crippen LogP contribution in [0.1, 0.15) is 22.8 Å². The molecule has 0 saturated heterocycles. The molecule has 0 radical (unpaired) electrons. The van der Waals surface area contributed by atoms with E-state index in [1.807, 2.05) is 6.07 Å². The second kappa shape index (κ2) is 7.16. The van der Waals surface area contributed by atoms with Crippen molar-refractivity contribution in [1.29, 1.82) is 0 Å². The van der Waals surface area contributed by atoms with E-state index in [0.29, 0.717) is 11.1 Å². The third-order valence-corrected chi connectivity index (χ3v) is 2.26. The van der Waals surface area contributed by atoms with E-state index in [4.69, 9.17) is 9.47 Å². The van der Waals surface area contributed by atoms with E-state index in [9.17, 15) is 9.59 Å². The van der Waals surface area contributed by atoms with Gasteiger partial charge in [0.1, 0.15) is 13.2 Å². The Bertz CT molecular complexity index is 503. The Hall–Kier alpha value is -2.36. The second-order valence-electron chi connectivity index (χ2n) is 3.88. The van der Waals surface area contributed by atoms with Crippen molar-refractivity contribution in [2.24, 2.45) is 0 Å². The van der Waals surface area contributed by atoms with Gasteiger partial charge in [-0.25, -0.2) is 9.59 Å². The Kier molecular flexibility index (Phi) is 5.54. The largest absolute Gasteiger partial charge is 0.459 e. The van der Waals surface area contributed by atoms with Crippen LogP contribution in [0.2, 0.25) is 0 Å². The summed E-state index contributed by atoms with van der Waals surface area (Å²) in [6.45, 7) is 8.64. The zero-order valence-electron chi connectivity index (χ0n) is 10.8. The van der Waals surface area contributed by atoms with Crippen LogP contribution in [-0.2, 0) is 14.3 Å². The summed E-state index contributed by atoms with van der Waals surface area (Å²) in [6.07, 6.45) is 1.64. The number of ether oxygens (including phenoxy) is 2. The first-order chi connectivity index (χ1) is 9.04. The molecule has 19 heavy (non-hydrogen) atoms. The maximum absolute atomic E-state index is 11.7. The van der Waals surface area contributed by atoms with Gasteiger partial charge in [0.15, 0.2) is 0 Å². The Balaban J connectivity index is 2.41. The molecule has 4 nitrogen and oxygen atoms in total. The highest BCUT2D eigenvalue weighted by Crippen LogP contribution is 2.07. The lowest BCUT2D eigenvalue weighted by Crippen LogP contribution is -2.14. The van der Waals surface area contributed by atoms with Crippen LogP contribution in [0, 0.1) is 0 Å². The van der Waals surface area contributed by atoms with E-state index < -0.39 is 11.9 Å². The molecule has 0 N–H and O–H groups in total. The predicted molar refractivity (Wildman–Crippen MR) is 72.6 cm³/mol. The molecule has 0 fully saturated rings. The maximum Gasteiger partial charge on any atom is 0.338 e. The van der Waals surface area contributed by atoms with Gasteiger partial charge in [-0.1, -0.05) is 31.4 Å². The number of rotatable bonds is 6. The molecular weight excluding hydrogens is 244 g/mol. The number of carbonyl (C=O) groups is 2. The van der Waals surface area contributed by atoms with Crippen molar-refractivity contribution < 1.29 is 19.1 Å². The topological polar surface area (TPSA) is 52.6 Å². The lowest BCUT2D eigenvalue weighted by molar-refractivity contribution is -0.140. The van der Waals surface area contributed by atoms with Crippen molar-refractivity contribution in [3.05, 3.63) is 54.1 Å².